The predicted octanol–water partition coefficient (Wildman–Crippen LogP) is 2.76. The minimum Gasteiger partial charge on any atom is -0.494 e. The van der Waals surface area contributed by atoms with Crippen LogP contribution in [0.2, 0.25) is 0 Å². The summed E-state index contributed by atoms with van der Waals surface area (Å²) in [5.74, 6) is 2.17. The van der Waals surface area contributed by atoms with Crippen LogP contribution in [0, 0.1) is 5.82 Å². The van der Waals surface area contributed by atoms with Gasteiger partial charge in [0.25, 0.3) is 0 Å². The van der Waals surface area contributed by atoms with Crippen molar-refractivity contribution < 1.29 is 18.6 Å². The summed E-state index contributed by atoms with van der Waals surface area (Å²) in [5, 5.41) is 3.09. The lowest BCUT2D eigenvalue weighted by Gasteiger charge is -2.10. The van der Waals surface area contributed by atoms with E-state index in [1.54, 1.807) is 26.4 Å². The SMILES string of the molecule is COc1ccc(CCNC(N)=NCCCOc2ccc(F)cc2)cc1OC. The molecule has 7 heteroatoms. The van der Waals surface area contributed by atoms with E-state index in [1.807, 2.05) is 18.2 Å². The number of nitrogens with zero attached hydrogens (tertiary/aromatic N) is 1. The van der Waals surface area contributed by atoms with E-state index >= 15 is 0 Å². The molecule has 0 aliphatic carbocycles. The molecule has 0 fully saturated rings. The molecule has 0 spiro atoms. The summed E-state index contributed by atoms with van der Waals surface area (Å²) in [6.07, 6.45) is 1.50. The summed E-state index contributed by atoms with van der Waals surface area (Å²) < 4.78 is 28.8. The van der Waals surface area contributed by atoms with Crippen LogP contribution in [0.1, 0.15) is 12.0 Å². The molecule has 0 unspecified atom stereocenters. The second-order valence-electron chi connectivity index (χ2n) is 5.79. The second kappa shape index (κ2) is 10.9. The lowest BCUT2D eigenvalue weighted by Crippen LogP contribution is -2.33. The van der Waals surface area contributed by atoms with Gasteiger partial charge in [0, 0.05) is 19.5 Å². The van der Waals surface area contributed by atoms with E-state index in [-0.39, 0.29) is 5.82 Å². The Kier molecular flexibility index (Phi) is 8.22. The van der Waals surface area contributed by atoms with Crippen molar-refractivity contribution in [2.45, 2.75) is 12.8 Å². The maximum atomic E-state index is 12.8. The number of aliphatic imine (C=N–C) groups is 1. The van der Waals surface area contributed by atoms with Crippen molar-refractivity contribution >= 4 is 5.96 Å². The zero-order valence-electron chi connectivity index (χ0n) is 15.7. The first kappa shape index (κ1) is 20.4. The molecular weight excluding hydrogens is 349 g/mol. The number of benzene rings is 2. The van der Waals surface area contributed by atoms with E-state index in [0.29, 0.717) is 42.9 Å². The van der Waals surface area contributed by atoms with E-state index in [1.165, 1.54) is 12.1 Å². The number of guanidine groups is 1. The monoisotopic (exact) mass is 375 g/mol. The topological polar surface area (TPSA) is 78.1 Å². The van der Waals surface area contributed by atoms with E-state index in [9.17, 15) is 4.39 Å². The third kappa shape index (κ3) is 7.05. The van der Waals surface area contributed by atoms with Gasteiger partial charge in [-0.3, -0.25) is 4.99 Å². The van der Waals surface area contributed by atoms with Gasteiger partial charge >= 0.3 is 0 Å². The summed E-state index contributed by atoms with van der Waals surface area (Å²) in [4.78, 5) is 4.26. The first-order valence-electron chi connectivity index (χ1n) is 8.75. The first-order chi connectivity index (χ1) is 13.1. The molecule has 2 aromatic carbocycles. The summed E-state index contributed by atoms with van der Waals surface area (Å²) in [6.45, 7) is 1.71. The molecule has 0 saturated carbocycles. The highest BCUT2D eigenvalue weighted by atomic mass is 19.1. The van der Waals surface area contributed by atoms with Crippen LogP contribution in [0.15, 0.2) is 47.5 Å². The fraction of sp³-hybridized carbons (Fsp3) is 0.350. The van der Waals surface area contributed by atoms with Gasteiger partial charge in [-0.1, -0.05) is 6.07 Å². The molecule has 0 radical (unpaired) electrons. The van der Waals surface area contributed by atoms with Gasteiger partial charge in [-0.25, -0.2) is 4.39 Å². The predicted molar refractivity (Wildman–Crippen MR) is 104 cm³/mol. The zero-order valence-corrected chi connectivity index (χ0v) is 15.7. The molecule has 146 valence electrons. The summed E-state index contributed by atoms with van der Waals surface area (Å²) in [6, 6.07) is 11.8. The fourth-order valence-corrected chi connectivity index (χ4v) is 2.41. The molecule has 6 nitrogen and oxygen atoms in total. The number of halogens is 1. The third-order valence-corrected chi connectivity index (χ3v) is 3.83. The van der Waals surface area contributed by atoms with Crippen LogP contribution in [-0.2, 0) is 6.42 Å². The fourth-order valence-electron chi connectivity index (χ4n) is 2.41. The second-order valence-corrected chi connectivity index (χ2v) is 5.79. The van der Waals surface area contributed by atoms with Crippen molar-refractivity contribution in [2.24, 2.45) is 10.7 Å². The van der Waals surface area contributed by atoms with E-state index in [2.05, 4.69) is 10.3 Å². The van der Waals surface area contributed by atoms with Crippen LogP contribution in [-0.4, -0.2) is 39.9 Å². The molecule has 2 aromatic rings. The van der Waals surface area contributed by atoms with Crippen molar-refractivity contribution in [1.82, 2.24) is 5.32 Å². The minimum absolute atomic E-state index is 0.279. The van der Waals surface area contributed by atoms with Crippen molar-refractivity contribution in [2.75, 3.05) is 33.9 Å². The smallest absolute Gasteiger partial charge is 0.188 e. The maximum Gasteiger partial charge on any atom is 0.188 e. The average Bonchev–Trinajstić information content (AvgIpc) is 2.69. The van der Waals surface area contributed by atoms with Crippen LogP contribution >= 0.6 is 0 Å². The highest BCUT2D eigenvalue weighted by molar-refractivity contribution is 5.77. The average molecular weight is 375 g/mol. The number of nitrogens with two attached hydrogens (primary N) is 1. The molecule has 0 saturated heterocycles. The standard InChI is InChI=1S/C20H26FN3O3/c1-25-18-9-4-15(14-19(18)26-2)10-12-24-20(22)23-11-3-13-27-17-7-5-16(21)6-8-17/h4-9,14H,3,10-13H2,1-2H3,(H3,22,23,24). The normalized spacial score (nSPS) is 11.1. The number of nitrogens with one attached hydrogen (secondary N) is 1. The van der Waals surface area contributed by atoms with Gasteiger partial charge in [0.1, 0.15) is 11.6 Å². The molecule has 0 atom stereocenters. The lowest BCUT2D eigenvalue weighted by atomic mass is 10.1. The zero-order chi connectivity index (χ0) is 19.5. The molecular formula is C20H26FN3O3. The van der Waals surface area contributed by atoms with E-state index in [4.69, 9.17) is 19.9 Å². The molecule has 0 aliphatic rings. The highest BCUT2D eigenvalue weighted by Gasteiger charge is 2.04. The Hall–Kier alpha value is -2.96. The first-order valence-corrected chi connectivity index (χ1v) is 8.75. The van der Waals surface area contributed by atoms with Crippen LogP contribution in [0.3, 0.4) is 0 Å². The molecule has 27 heavy (non-hydrogen) atoms. The number of hydrogen-bond donors (Lipinski definition) is 2. The maximum absolute atomic E-state index is 12.8. The quantitative estimate of drug-likeness (QED) is 0.379. The minimum atomic E-state index is -0.279. The molecule has 0 aliphatic heterocycles. The van der Waals surface area contributed by atoms with Crippen molar-refractivity contribution in [1.29, 1.82) is 0 Å². The molecule has 0 aromatic heterocycles. The molecule has 0 bridgehead atoms. The molecule has 3 N–H and O–H groups in total. The Balaban J connectivity index is 1.65. The summed E-state index contributed by atoms with van der Waals surface area (Å²) >= 11 is 0. The molecule has 0 heterocycles. The van der Waals surface area contributed by atoms with Crippen molar-refractivity contribution in [3.05, 3.63) is 53.8 Å². The highest BCUT2D eigenvalue weighted by Crippen LogP contribution is 2.27. The van der Waals surface area contributed by atoms with Crippen LogP contribution in [0.5, 0.6) is 17.2 Å². The van der Waals surface area contributed by atoms with Gasteiger partial charge in [-0.05, 0) is 48.4 Å². The van der Waals surface area contributed by atoms with Gasteiger partial charge in [0.2, 0.25) is 0 Å². The van der Waals surface area contributed by atoms with Crippen LogP contribution in [0.4, 0.5) is 4.39 Å². The Morgan fingerprint density at radius 3 is 2.52 bits per heavy atom. The van der Waals surface area contributed by atoms with E-state index < -0.39 is 0 Å². The van der Waals surface area contributed by atoms with E-state index in [0.717, 1.165) is 18.4 Å². The van der Waals surface area contributed by atoms with Gasteiger partial charge in [-0.15, -0.1) is 0 Å². The van der Waals surface area contributed by atoms with Gasteiger partial charge in [0.05, 0.1) is 20.8 Å². The molecule has 2 rings (SSSR count). The number of methoxy groups -OCH3 is 2. The summed E-state index contributed by atoms with van der Waals surface area (Å²) in [7, 11) is 3.23. The lowest BCUT2D eigenvalue weighted by molar-refractivity contribution is 0.313. The number of hydrogen-bond acceptors (Lipinski definition) is 4. The Morgan fingerprint density at radius 2 is 1.81 bits per heavy atom. The number of rotatable bonds is 10. The Labute approximate surface area is 159 Å². The van der Waals surface area contributed by atoms with Crippen molar-refractivity contribution in [3.8, 4) is 17.2 Å². The number of ether oxygens (including phenoxy) is 3. The largest absolute Gasteiger partial charge is 0.494 e. The van der Waals surface area contributed by atoms with Gasteiger partial charge < -0.3 is 25.3 Å². The van der Waals surface area contributed by atoms with Crippen molar-refractivity contribution in [3.63, 3.8) is 0 Å². The molecule has 0 amide bonds. The Bertz CT molecular complexity index is 736. The van der Waals surface area contributed by atoms with Gasteiger partial charge in [-0.2, -0.15) is 0 Å². The van der Waals surface area contributed by atoms with Crippen LogP contribution in [0.25, 0.3) is 0 Å². The Morgan fingerprint density at radius 1 is 1.07 bits per heavy atom. The third-order valence-electron chi connectivity index (χ3n) is 3.83. The van der Waals surface area contributed by atoms with Gasteiger partial charge in [0.15, 0.2) is 17.5 Å². The summed E-state index contributed by atoms with van der Waals surface area (Å²) in [5.41, 5.74) is 6.97. The van der Waals surface area contributed by atoms with Crippen LogP contribution < -0.4 is 25.3 Å².